The molecule has 2 unspecified atom stereocenters. The molecule has 2 aliphatic heterocycles. The zero-order valence-electron chi connectivity index (χ0n) is 7.60. The summed E-state index contributed by atoms with van der Waals surface area (Å²) < 4.78 is 5.66. The van der Waals surface area contributed by atoms with E-state index in [4.69, 9.17) is 4.74 Å². The van der Waals surface area contributed by atoms with Crippen molar-refractivity contribution in [2.24, 2.45) is 0 Å². The van der Waals surface area contributed by atoms with Gasteiger partial charge in [-0.25, -0.2) is 0 Å². The third kappa shape index (κ3) is 2.46. The second-order valence-corrected chi connectivity index (χ2v) is 2.97. The number of hydrogen-bond acceptors (Lipinski definition) is 2. The predicted molar refractivity (Wildman–Crippen MR) is 46.7 cm³/mol. The van der Waals surface area contributed by atoms with Crippen LogP contribution < -0.4 is 5.32 Å². The Bertz CT molecular complexity index is 85.7. The number of morpholine rings is 1. The first-order chi connectivity index (χ1) is 5.45. The third-order valence-electron chi connectivity index (χ3n) is 2.18. The standard InChI is InChI=1S/C7H13NO.C2H6/c1-2-6-4-8-5-7(3-1)9-6;1-2/h6-8H,1-5H2;1-2H3. The van der Waals surface area contributed by atoms with Crippen LogP contribution in [-0.2, 0) is 4.74 Å². The number of hydrogen-bond donors (Lipinski definition) is 1. The second kappa shape index (κ2) is 4.73. The zero-order chi connectivity index (χ0) is 8.10. The Hall–Kier alpha value is -0.0800. The van der Waals surface area contributed by atoms with Gasteiger partial charge in [0.05, 0.1) is 12.2 Å². The molecule has 0 radical (unpaired) electrons. The van der Waals surface area contributed by atoms with E-state index in [2.05, 4.69) is 5.32 Å². The fourth-order valence-corrected chi connectivity index (χ4v) is 1.69. The van der Waals surface area contributed by atoms with Gasteiger partial charge in [0.15, 0.2) is 0 Å². The molecule has 11 heavy (non-hydrogen) atoms. The number of rotatable bonds is 0. The molecule has 2 saturated heterocycles. The van der Waals surface area contributed by atoms with Gasteiger partial charge in [-0.05, 0) is 19.3 Å². The summed E-state index contributed by atoms with van der Waals surface area (Å²) in [4.78, 5) is 0. The number of ether oxygens (including phenoxy) is 1. The molecular weight excluding hydrogens is 138 g/mol. The molecule has 0 amide bonds. The maximum absolute atomic E-state index is 5.66. The Morgan fingerprint density at radius 1 is 1.09 bits per heavy atom. The van der Waals surface area contributed by atoms with Crippen LogP contribution in [-0.4, -0.2) is 25.3 Å². The molecule has 1 N–H and O–H groups in total. The van der Waals surface area contributed by atoms with Crippen molar-refractivity contribution in [2.45, 2.75) is 45.3 Å². The first kappa shape index (κ1) is 9.01. The Kier molecular flexibility index (Phi) is 3.87. The van der Waals surface area contributed by atoms with Crippen LogP contribution in [0.1, 0.15) is 33.1 Å². The summed E-state index contributed by atoms with van der Waals surface area (Å²) >= 11 is 0. The van der Waals surface area contributed by atoms with E-state index >= 15 is 0 Å². The summed E-state index contributed by atoms with van der Waals surface area (Å²) in [5.74, 6) is 0. The van der Waals surface area contributed by atoms with Gasteiger partial charge in [0.2, 0.25) is 0 Å². The molecule has 2 atom stereocenters. The molecule has 2 aliphatic rings. The molecule has 2 fully saturated rings. The summed E-state index contributed by atoms with van der Waals surface area (Å²) in [7, 11) is 0. The van der Waals surface area contributed by atoms with Crippen LogP contribution in [0.2, 0.25) is 0 Å². The maximum Gasteiger partial charge on any atom is 0.0703 e. The maximum atomic E-state index is 5.66. The van der Waals surface area contributed by atoms with Crippen molar-refractivity contribution in [1.82, 2.24) is 5.32 Å². The monoisotopic (exact) mass is 157 g/mol. The highest BCUT2D eigenvalue weighted by molar-refractivity contribution is 4.79. The van der Waals surface area contributed by atoms with Crippen LogP contribution >= 0.6 is 0 Å². The van der Waals surface area contributed by atoms with Crippen molar-refractivity contribution in [3.8, 4) is 0 Å². The van der Waals surface area contributed by atoms with Crippen LogP contribution in [0.4, 0.5) is 0 Å². The van der Waals surface area contributed by atoms with Crippen molar-refractivity contribution < 1.29 is 4.74 Å². The lowest BCUT2D eigenvalue weighted by Crippen LogP contribution is -2.47. The molecule has 2 bridgehead atoms. The Morgan fingerprint density at radius 3 is 2.09 bits per heavy atom. The van der Waals surface area contributed by atoms with E-state index in [0.717, 1.165) is 13.1 Å². The Balaban J connectivity index is 0.000000281. The van der Waals surface area contributed by atoms with E-state index in [1.807, 2.05) is 13.8 Å². The topological polar surface area (TPSA) is 21.3 Å². The van der Waals surface area contributed by atoms with Gasteiger partial charge in [-0.15, -0.1) is 0 Å². The predicted octanol–water partition coefficient (Wildman–Crippen LogP) is 1.55. The highest BCUT2D eigenvalue weighted by Gasteiger charge is 2.25. The molecule has 2 heterocycles. The van der Waals surface area contributed by atoms with Crippen LogP contribution in [0, 0.1) is 0 Å². The zero-order valence-corrected chi connectivity index (χ0v) is 7.60. The molecule has 0 aromatic rings. The lowest BCUT2D eigenvalue weighted by molar-refractivity contribution is -0.0705. The third-order valence-corrected chi connectivity index (χ3v) is 2.18. The largest absolute Gasteiger partial charge is 0.372 e. The number of fused-ring (bicyclic) bond motifs is 2. The minimum atomic E-state index is 0.539. The summed E-state index contributed by atoms with van der Waals surface area (Å²) in [6.45, 7) is 6.16. The van der Waals surface area contributed by atoms with E-state index in [0.29, 0.717) is 12.2 Å². The van der Waals surface area contributed by atoms with E-state index in [9.17, 15) is 0 Å². The van der Waals surface area contributed by atoms with E-state index in [1.165, 1.54) is 19.3 Å². The molecule has 2 heteroatoms. The second-order valence-electron chi connectivity index (χ2n) is 2.97. The lowest BCUT2D eigenvalue weighted by atomic mass is 10.0. The quantitative estimate of drug-likeness (QED) is 0.576. The van der Waals surface area contributed by atoms with Crippen LogP contribution in [0.5, 0.6) is 0 Å². The minimum Gasteiger partial charge on any atom is -0.372 e. The lowest BCUT2D eigenvalue weighted by Gasteiger charge is -2.35. The van der Waals surface area contributed by atoms with Gasteiger partial charge in [0.1, 0.15) is 0 Å². The van der Waals surface area contributed by atoms with Gasteiger partial charge in [-0.3, -0.25) is 0 Å². The van der Waals surface area contributed by atoms with Crippen LogP contribution in [0.3, 0.4) is 0 Å². The van der Waals surface area contributed by atoms with Crippen molar-refractivity contribution in [2.75, 3.05) is 13.1 Å². The molecular formula is C9H19NO. The summed E-state index contributed by atoms with van der Waals surface area (Å²) in [5.41, 5.74) is 0. The fraction of sp³-hybridized carbons (Fsp3) is 1.00. The average Bonchev–Trinajstić information content (AvgIpc) is 2.08. The van der Waals surface area contributed by atoms with Gasteiger partial charge in [0.25, 0.3) is 0 Å². The molecule has 66 valence electrons. The highest BCUT2D eigenvalue weighted by Crippen LogP contribution is 2.20. The van der Waals surface area contributed by atoms with Gasteiger partial charge >= 0.3 is 0 Å². The molecule has 2 rings (SSSR count). The van der Waals surface area contributed by atoms with Gasteiger partial charge in [0, 0.05) is 13.1 Å². The Morgan fingerprint density at radius 2 is 1.64 bits per heavy atom. The minimum absolute atomic E-state index is 0.539. The highest BCUT2D eigenvalue weighted by atomic mass is 16.5. The summed E-state index contributed by atoms with van der Waals surface area (Å²) in [6, 6.07) is 0. The normalized spacial score (nSPS) is 35.5. The molecule has 0 aromatic carbocycles. The van der Waals surface area contributed by atoms with Gasteiger partial charge in [-0.1, -0.05) is 13.8 Å². The SMILES string of the molecule is C1CC2CNCC(C1)O2.CC. The van der Waals surface area contributed by atoms with Crippen molar-refractivity contribution in [1.29, 1.82) is 0 Å². The Labute approximate surface area is 69.3 Å². The average molecular weight is 157 g/mol. The van der Waals surface area contributed by atoms with Gasteiger partial charge < -0.3 is 10.1 Å². The molecule has 0 saturated carbocycles. The summed E-state index contributed by atoms with van der Waals surface area (Å²) in [6.07, 6.45) is 4.99. The van der Waals surface area contributed by atoms with Crippen LogP contribution in [0.15, 0.2) is 0 Å². The molecule has 0 spiro atoms. The first-order valence-electron chi connectivity index (χ1n) is 4.81. The molecule has 0 aromatic heterocycles. The van der Waals surface area contributed by atoms with Crippen LogP contribution in [0.25, 0.3) is 0 Å². The fourth-order valence-electron chi connectivity index (χ4n) is 1.69. The van der Waals surface area contributed by atoms with Crippen molar-refractivity contribution in [3.63, 3.8) is 0 Å². The molecule has 0 aliphatic carbocycles. The van der Waals surface area contributed by atoms with E-state index < -0.39 is 0 Å². The number of nitrogens with one attached hydrogen (secondary N) is 1. The summed E-state index contributed by atoms with van der Waals surface area (Å²) in [5, 5.41) is 3.36. The van der Waals surface area contributed by atoms with Gasteiger partial charge in [-0.2, -0.15) is 0 Å². The smallest absolute Gasteiger partial charge is 0.0703 e. The first-order valence-corrected chi connectivity index (χ1v) is 4.81. The van der Waals surface area contributed by atoms with Crippen molar-refractivity contribution >= 4 is 0 Å². The van der Waals surface area contributed by atoms with E-state index in [-0.39, 0.29) is 0 Å². The molecule has 2 nitrogen and oxygen atoms in total. The van der Waals surface area contributed by atoms with E-state index in [1.54, 1.807) is 0 Å². The van der Waals surface area contributed by atoms with Crippen molar-refractivity contribution in [3.05, 3.63) is 0 Å².